The zero-order valence-electron chi connectivity index (χ0n) is 9.20. The van der Waals surface area contributed by atoms with Crippen LogP contribution in [0.3, 0.4) is 0 Å². The number of likely N-dealkylation sites (N-methyl/N-ethyl adjacent to an activating group) is 1. The first-order valence-corrected chi connectivity index (χ1v) is 5.28. The highest BCUT2D eigenvalue weighted by atomic mass is 16.3. The summed E-state index contributed by atoms with van der Waals surface area (Å²) in [5.41, 5.74) is 2.33. The van der Waals surface area contributed by atoms with Gasteiger partial charge in [0.2, 0.25) is 0 Å². The summed E-state index contributed by atoms with van der Waals surface area (Å²) < 4.78 is 0. The molecule has 15 heavy (non-hydrogen) atoms. The van der Waals surface area contributed by atoms with Crippen LogP contribution in [0.4, 0.5) is 0 Å². The predicted octanol–water partition coefficient (Wildman–Crippen LogP) is 1.52. The van der Waals surface area contributed by atoms with E-state index in [1.54, 1.807) is 12.1 Å². The number of hydrogen-bond acceptors (Lipinski definition) is 3. The largest absolute Gasteiger partial charge is 0.504 e. The molecule has 2 rings (SSSR count). The van der Waals surface area contributed by atoms with Gasteiger partial charge in [0.05, 0.1) is 0 Å². The fraction of sp³-hybridized carbons (Fsp3) is 0.500. The lowest BCUT2D eigenvalue weighted by Gasteiger charge is -2.29. The molecule has 1 aromatic rings. The van der Waals surface area contributed by atoms with Crippen LogP contribution in [0.1, 0.15) is 17.5 Å². The van der Waals surface area contributed by atoms with Crippen LogP contribution in [0.5, 0.6) is 11.5 Å². The molecule has 1 aliphatic rings. The minimum Gasteiger partial charge on any atom is -0.504 e. The molecule has 3 nitrogen and oxygen atoms in total. The molecular formula is C12H17NO2. The van der Waals surface area contributed by atoms with Crippen LogP contribution in [0.15, 0.2) is 12.1 Å². The van der Waals surface area contributed by atoms with Gasteiger partial charge in [-0.05, 0) is 56.6 Å². The van der Waals surface area contributed by atoms with E-state index in [1.807, 2.05) is 0 Å². The van der Waals surface area contributed by atoms with E-state index in [0.29, 0.717) is 6.04 Å². The monoisotopic (exact) mass is 206 g/mol. The third kappa shape index (κ3) is 1.92. The van der Waals surface area contributed by atoms with Gasteiger partial charge in [0.1, 0.15) is 0 Å². The van der Waals surface area contributed by atoms with Crippen molar-refractivity contribution in [3.63, 3.8) is 0 Å². The number of phenolic OH excluding ortho intramolecular Hbond substituents is 2. The number of phenols is 2. The highest BCUT2D eigenvalue weighted by Gasteiger charge is 2.21. The second-order valence-corrected chi connectivity index (χ2v) is 4.47. The Labute approximate surface area is 90.0 Å². The van der Waals surface area contributed by atoms with Crippen LogP contribution in [0.2, 0.25) is 0 Å². The first-order valence-electron chi connectivity index (χ1n) is 5.28. The van der Waals surface area contributed by atoms with Gasteiger partial charge in [-0.2, -0.15) is 0 Å². The first-order chi connectivity index (χ1) is 7.08. The number of aryl methyl sites for hydroxylation is 1. The van der Waals surface area contributed by atoms with Crippen molar-refractivity contribution in [2.75, 3.05) is 14.1 Å². The normalized spacial score (nSPS) is 20.3. The second kappa shape index (κ2) is 3.74. The number of rotatable bonds is 1. The lowest BCUT2D eigenvalue weighted by atomic mass is 9.86. The van der Waals surface area contributed by atoms with Gasteiger partial charge in [-0.15, -0.1) is 0 Å². The Morgan fingerprint density at radius 2 is 1.73 bits per heavy atom. The molecule has 2 N–H and O–H groups in total. The van der Waals surface area contributed by atoms with Gasteiger partial charge in [-0.1, -0.05) is 0 Å². The van der Waals surface area contributed by atoms with Crippen molar-refractivity contribution in [1.82, 2.24) is 4.90 Å². The Hall–Kier alpha value is -1.22. The van der Waals surface area contributed by atoms with Crippen LogP contribution in [0.25, 0.3) is 0 Å². The number of fused-ring (bicyclic) bond motifs is 1. The third-order valence-corrected chi connectivity index (χ3v) is 3.23. The van der Waals surface area contributed by atoms with Crippen molar-refractivity contribution in [3.8, 4) is 11.5 Å². The van der Waals surface area contributed by atoms with Crippen molar-refractivity contribution in [1.29, 1.82) is 0 Å². The van der Waals surface area contributed by atoms with E-state index in [1.165, 1.54) is 5.56 Å². The van der Waals surface area contributed by atoms with Crippen molar-refractivity contribution in [3.05, 3.63) is 23.3 Å². The first kappa shape index (κ1) is 10.3. The van der Waals surface area contributed by atoms with E-state index in [9.17, 15) is 10.2 Å². The fourth-order valence-electron chi connectivity index (χ4n) is 2.20. The lowest BCUT2D eigenvalue weighted by molar-refractivity contribution is 0.267. The molecule has 0 spiro atoms. The van der Waals surface area contributed by atoms with Crippen LogP contribution >= 0.6 is 0 Å². The van der Waals surface area contributed by atoms with Gasteiger partial charge in [0.15, 0.2) is 11.5 Å². The minimum absolute atomic E-state index is 0.00273. The van der Waals surface area contributed by atoms with Crippen LogP contribution in [-0.4, -0.2) is 35.3 Å². The average molecular weight is 206 g/mol. The number of hydrogen-bond donors (Lipinski definition) is 2. The van der Waals surface area contributed by atoms with Crippen molar-refractivity contribution in [2.45, 2.75) is 25.3 Å². The fourth-order valence-corrected chi connectivity index (χ4v) is 2.20. The van der Waals surface area contributed by atoms with Crippen molar-refractivity contribution < 1.29 is 10.2 Å². The molecule has 1 aliphatic carbocycles. The van der Waals surface area contributed by atoms with Crippen LogP contribution < -0.4 is 0 Å². The summed E-state index contributed by atoms with van der Waals surface area (Å²) >= 11 is 0. The Balaban J connectivity index is 2.30. The molecule has 0 amide bonds. The predicted molar refractivity (Wildman–Crippen MR) is 59.3 cm³/mol. The van der Waals surface area contributed by atoms with E-state index < -0.39 is 0 Å². The van der Waals surface area contributed by atoms with Crippen LogP contribution in [-0.2, 0) is 12.8 Å². The van der Waals surface area contributed by atoms with Gasteiger partial charge in [0, 0.05) is 6.04 Å². The van der Waals surface area contributed by atoms with E-state index in [0.717, 1.165) is 24.8 Å². The Kier molecular flexibility index (Phi) is 2.57. The molecule has 0 saturated heterocycles. The van der Waals surface area contributed by atoms with Gasteiger partial charge >= 0.3 is 0 Å². The Morgan fingerprint density at radius 1 is 1.13 bits per heavy atom. The van der Waals surface area contributed by atoms with Gasteiger partial charge in [0.25, 0.3) is 0 Å². The molecule has 0 aromatic heterocycles. The second-order valence-electron chi connectivity index (χ2n) is 4.47. The van der Waals surface area contributed by atoms with E-state index in [2.05, 4.69) is 19.0 Å². The lowest BCUT2D eigenvalue weighted by Crippen LogP contribution is -2.33. The zero-order valence-corrected chi connectivity index (χ0v) is 9.20. The molecule has 0 heterocycles. The number of benzene rings is 1. The van der Waals surface area contributed by atoms with E-state index in [-0.39, 0.29) is 11.5 Å². The topological polar surface area (TPSA) is 43.7 Å². The van der Waals surface area contributed by atoms with Gasteiger partial charge in [-0.3, -0.25) is 0 Å². The maximum absolute atomic E-state index is 9.44. The molecule has 1 unspecified atom stereocenters. The maximum atomic E-state index is 9.44. The molecule has 0 bridgehead atoms. The van der Waals surface area contributed by atoms with E-state index >= 15 is 0 Å². The van der Waals surface area contributed by atoms with Gasteiger partial charge < -0.3 is 15.1 Å². The smallest absolute Gasteiger partial charge is 0.157 e. The zero-order chi connectivity index (χ0) is 11.0. The third-order valence-electron chi connectivity index (χ3n) is 3.23. The quantitative estimate of drug-likeness (QED) is 0.685. The Bertz CT molecular complexity index is 374. The molecule has 0 fully saturated rings. The van der Waals surface area contributed by atoms with Crippen molar-refractivity contribution >= 4 is 0 Å². The molecule has 1 atom stereocenters. The van der Waals surface area contributed by atoms with Crippen LogP contribution in [0, 0.1) is 0 Å². The minimum atomic E-state index is -0.00634. The summed E-state index contributed by atoms with van der Waals surface area (Å²) in [5.74, 6) is -0.00907. The summed E-state index contributed by atoms with van der Waals surface area (Å²) in [7, 11) is 4.16. The summed E-state index contributed by atoms with van der Waals surface area (Å²) in [4.78, 5) is 2.22. The number of nitrogens with zero attached hydrogens (tertiary/aromatic N) is 1. The summed E-state index contributed by atoms with van der Waals surface area (Å²) in [6.45, 7) is 0. The van der Waals surface area contributed by atoms with Crippen molar-refractivity contribution in [2.24, 2.45) is 0 Å². The highest BCUT2D eigenvalue weighted by molar-refractivity contribution is 5.46. The van der Waals surface area contributed by atoms with Gasteiger partial charge in [-0.25, -0.2) is 0 Å². The molecule has 1 aromatic carbocycles. The standard InChI is InChI=1S/C12H17NO2/c1-13(2)10-4-3-8-6-11(14)12(15)7-9(8)5-10/h6-7,10,14-15H,3-5H2,1-2H3/i1-1. The Morgan fingerprint density at radius 3 is 2.33 bits per heavy atom. The summed E-state index contributed by atoms with van der Waals surface area (Å²) in [6, 6.07) is 3.93. The molecule has 82 valence electrons. The molecule has 0 aliphatic heterocycles. The molecular weight excluding hydrogens is 189 g/mol. The summed E-state index contributed by atoms with van der Waals surface area (Å²) in [5, 5.41) is 18.8. The van der Waals surface area contributed by atoms with E-state index in [4.69, 9.17) is 0 Å². The molecule has 0 saturated carbocycles. The SMILES string of the molecule is CN([11CH3])C1CCc2cc(O)c(O)cc2C1. The maximum Gasteiger partial charge on any atom is 0.157 e. The molecule has 0 radical (unpaired) electrons. The summed E-state index contributed by atoms with van der Waals surface area (Å²) in [6.07, 6.45) is 3.05. The highest BCUT2D eigenvalue weighted by Crippen LogP contribution is 2.33. The number of aromatic hydroxyl groups is 2. The molecule has 3 heteroatoms. The average Bonchev–Trinajstić information content (AvgIpc) is 2.19.